The third-order valence-electron chi connectivity index (χ3n) is 4.38. The average Bonchev–Trinajstić information content (AvgIpc) is 2.96. The van der Waals surface area contributed by atoms with Crippen LogP contribution >= 0.6 is 0 Å². The Hall–Kier alpha value is -2.29. The summed E-state index contributed by atoms with van der Waals surface area (Å²) in [6.07, 6.45) is 0.947. The van der Waals surface area contributed by atoms with Gasteiger partial charge in [0.05, 0.1) is 6.54 Å². The summed E-state index contributed by atoms with van der Waals surface area (Å²) in [5.41, 5.74) is 4.74. The van der Waals surface area contributed by atoms with Crippen LogP contribution in [-0.2, 0) is 16.6 Å². The number of nitrogens with one attached hydrogen (secondary N) is 1. The Morgan fingerprint density at radius 2 is 1.78 bits per heavy atom. The van der Waals surface area contributed by atoms with Crippen LogP contribution in [0, 0.1) is 0 Å². The average molecular weight is 308 g/mol. The standard InChI is InChI=1S/C20H24N2O/c1-20(2,3)16-8-10-17(11-9-16)21-14-19(23)22-13-12-15-6-4-5-7-18(15)22/h4-11,21H,12-14H2,1-3H3. The van der Waals surface area contributed by atoms with Crippen molar-refractivity contribution in [3.05, 3.63) is 59.7 Å². The summed E-state index contributed by atoms with van der Waals surface area (Å²) in [5, 5.41) is 3.24. The molecule has 0 unspecified atom stereocenters. The smallest absolute Gasteiger partial charge is 0.246 e. The molecular weight excluding hydrogens is 284 g/mol. The maximum Gasteiger partial charge on any atom is 0.246 e. The largest absolute Gasteiger partial charge is 0.376 e. The SMILES string of the molecule is CC(C)(C)c1ccc(NCC(=O)N2CCc3ccccc32)cc1. The number of carbonyl (C=O) groups is 1. The number of amides is 1. The van der Waals surface area contributed by atoms with Crippen molar-refractivity contribution in [3.8, 4) is 0 Å². The number of benzene rings is 2. The number of hydrogen-bond donors (Lipinski definition) is 1. The quantitative estimate of drug-likeness (QED) is 0.930. The van der Waals surface area contributed by atoms with Crippen LogP contribution in [0.4, 0.5) is 11.4 Å². The molecule has 0 saturated heterocycles. The van der Waals surface area contributed by atoms with Crippen molar-refractivity contribution in [2.24, 2.45) is 0 Å². The highest BCUT2D eigenvalue weighted by Gasteiger charge is 2.23. The minimum atomic E-state index is 0.120. The van der Waals surface area contributed by atoms with Crippen LogP contribution in [0.5, 0.6) is 0 Å². The van der Waals surface area contributed by atoms with Gasteiger partial charge in [-0.25, -0.2) is 0 Å². The molecule has 0 bridgehead atoms. The molecule has 23 heavy (non-hydrogen) atoms. The molecule has 1 aliphatic heterocycles. The fraction of sp³-hybridized carbons (Fsp3) is 0.350. The van der Waals surface area contributed by atoms with Crippen molar-refractivity contribution < 1.29 is 4.79 Å². The summed E-state index contributed by atoms with van der Waals surface area (Å²) in [6.45, 7) is 7.70. The van der Waals surface area contributed by atoms with Crippen LogP contribution in [0.25, 0.3) is 0 Å². The van der Waals surface area contributed by atoms with Crippen molar-refractivity contribution in [1.82, 2.24) is 0 Å². The van der Waals surface area contributed by atoms with E-state index in [9.17, 15) is 4.79 Å². The number of anilines is 2. The zero-order valence-electron chi connectivity index (χ0n) is 14.1. The second-order valence-corrected chi connectivity index (χ2v) is 7.10. The van der Waals surface area contributed by atoms with Gasteiger partial charge in [-0.15, -0.1) is 0 Å². The molecule has 1 aliphatic rings. The van der Waals surface area contributed by atoms with Gasteiger partial charge in [-0.05, 0) is 41.2 Å². The molecule has 2 aromatic carbocycles. The molecular formula is C20H24N2O. The van der Waals surface area contributed by atoms with Crippen molar-refractivity contribution in [1.29, 1.82) is 0 Å². The first-order valence-electron chi connectivity index (χ1n) is 8.18. The monoisotopic (exact) mass is 308 g/mol. The van der Waals surface area contributed by atoms with Crippen molar-refractivity contribution >= 4 is 17.3 Å². The lowest BCUT2D eigenvalue weighted by molar-refractivity contribution is -0.116. The van der Waals surface area contributed by atoms with Crippen LogP contribution in [0.1, 0.15) is 31.9 Å². The Morgan fingerprint density at radius 1 is 1.09 bits per heavy atom. The zero-order valence-corrected chi connectivity index (χ0v) is 14.1. The molecule has 1 amide bonds. The van der Waals surface area contributed by atoms with E-state index in [1.807, 2.05) is 35.2 Å². The fourth-order valence-corrected chi connectivity index (χ4v) is 2.96. The van der Waals surface area contributed by atoms with Crippen molar-refractivity contribution in [2.45, 2.75) is 32.6 Å². The number of rotatable bonds is 3. The summed E-state index contributed by atoms with van der Waals surface area (Å²) in [6, 6.07) is 16.5. The van der Waals surface area contributed by atoms with E-state index in [0.717, 1.165) is 24.3 Å². The summed E-state index contributed by atoms with van der Waals surface area (Å²) >= 11 is 0. The maximum absolute atomic E-state index is 12.5. The van der Waals surface area contributed by atoms with E-state index in [-0.39, 0.29) is 11.3 Å². The van der Waals surface area contributed by atoms with Crippen LogP contribution < -0.4 is 10.2 Å². The van der Waals surface area contributed by atoms with E-state index < -0.39 is 0 Å². The van der Waals surface area contributed by atoms with E-state index in [4.69, 9.17) is 0 Å². The molecule has 0 fully saturated rings. The third kappa shape index (κ3) is 3.39. The van der Waals surface area contributed by atoms with Gasteiger partial charge in [0.1, 0.15) is 0 Å². The van der Waals surface area contributed by atoms with Gasteiger partial charge < -0.3 is 10.2 Å². The molecule has 3 nitrogen and oxygen atoms in total. The molecule has 0 spiro atoms. The van der Waals surface area contributed by atoms with E-state index in [1.165, 1.54) is 11.1 Å². The van der Waals surface area contributed by atoms with E-state index in [0.29, 0.717) is 6.54 Å². The van der Waals surface area contributed by atoms with E-state index >= 15 is 0 Å². The molecule has 1 heterocycles. The van der Waals surface area contributed by atoms with Gasteiger partial charge in [0.15, 0.2) is 0 Å². The Labute approximate surface area is 138 Å². The van der Waals surface area contributed by atoms with Crippen LogP contribution in [0.15, 0.2) is 48.5 Å². The van der Waals surface area contributed by atoms with E-state index in [2.05, 4.69) is 44.3 Å². The second kappa shape index (κ2) is 6.07. The first kappa shape index (κ1) is 15.6. The van der Waals surface area contributed by atoms with Crippen LogP contribution in [-0.4, -0.2) is 19.0 Å². The highest BCUT2D eigenvalue weighted by molar-refractivity contribution is 5.98. The normalized spacial score (nSPS) is 13.8. The summed E-state index contributed by atoms with van der Waals surface area (Å²) in [7, 11) is 0. The molecule has 3 rings (SSSR count). The number of nitrogens with zero attached hydrogens (tertiary/aromatic N) is 1. The molecule has 0 aliphatic carbocycles. The summed E-state index contributed by atoms with van der Waals surface area (Å²) in [5.74, 6) is 0.120. The van der Waals surface area contributed by atoms with Gasteiger partial charge in [-0.3, -0.25) is 4.79 Å². The minimum Gasteiger partial charge on any atom is -0.376 e. The van der Waals surface area contributed by atoms with Crippen molar-refractivity contribution in [3.63, 3.8) is 0 Å². The Morgan fingerprint density at radius 3 is 2.48 bits per heavy atom. The first-order chi connectivity index (χ1) is 10.9. The molecule has 0 aromatic heterocycles. The first-order valence-corrected chi connectivity index (χ1v) is 8.18. The Balaban J connectivity index is 1.62. The Bertz CT molecular complexity index is 698. The minimum absolute atomic E-state index is 0.120. The lowest BCUT2D eigenvalue weighted by atomic mass is 9.87. The third-order valence-corrected chi connectivity index (χ3v) is 4.38. The lowest BCUT2D eigenvalue weighted by Gasteiger charge is -2.20. The van der Waals surface area contributed by atoms with Gasteiger partial charge in [0.25, 0.3) is 0 Å². The molecule has 1 N–H and O–H groups in total. The highest BCUT2D eigenvalue weighted by atomic mass is 16.2. The number of carbonyl (C=O) groups excluding carboxylic acids is 1. The number of hydrogen-bond acceptors (Lipinski definition) is 2. The van der Waals surface area contributed by atoms with Gasteiger partial charge >= 0.3 is 0 Å². The summed E-state index contributed by atoms with van der Waals surface area (Å²) in [4.78, 5) is 14.4. The lowest BCUT2D eigenvalue weighted by Crippen LogP contribution is -2.34. The van der Waals surface area contributed by atoms with Gasteiger partial charge in [-0.1, -0.05) is 51.1 Å². The molecule has 0 radical (unpaired) electrons. The predicted octanol–water partition coefficient (Wildman–Crippen LogP) is 3.99. The molecule has 120 valence electrons. The fourth-order valence-electron chi connectivity index (χ4n) is 2.96. The highest BCUT2D eigenvalue weighted by Crippen LogP contribution is 2.27. The van der Waals surface area contributed by atoms with Crippen molar-refractivity contribution in [2.75, 3.05) is 23.3 Å². The van der Waals surface area contributed by atoms with Gasteiger partial charge in [-0.2, -0.15) is 0 Å². The zero-order chi connectivity index (χ0) is 16.4. The maximum atomic E-state index is 12.5. The topological polar surface area (TPSA) is 32.3 Å². The Kier molecular flexibility index (Phi) is 4.12. The molecule has 0 atom stereocenters. The van der Waals surface area contributed by atoms with Gasteiger partial charge in [0.2, 0.25) is 5.91 Å². The molecule has 0 saturated carbocycles. The number of para-hydroxylation sites is 1. The van der Waals surface area contributed by atoms with Gasteiger partial charge in [0, 0.05) is 17.9 Å². The van der Waals surface area contributed by atoms with Crippen LogP contribution in [0.3, 0.4) is 0 Å². The van der Waals surface area contributed by atoms with E-state index in [1.54, 1.807) is 0 Å². The molecule has 2 aromatic rings. The predicted molar refractivity (Wildman–Crippen MR) is 96.1 cm³/mol. The molecule has 3 heteroatoms. The second-order valence-electron chi connectivity index (χ2n) is 7.10. The van der Waals surface area contributed by atoms with Crippen LogP contribution in [0.2, 0.25) is 0 Å². The summed E-state index contributed by atoms with van der Waals surface area (Å²) < 4.78 is 0. The number of fused-ring (bicyclic) bond motifs is 1.